The standard InChI is InChI=1S/C54H36N2O/c1-3-13-37(14-4-1)38-25-29-43(30-26-38)55(45-33-34-53-49(36-45)47-19-8-10-24-52(47)57-53)44-31-27-39(28-32-44)40-15-11-16-41(35-40)46-21-12-23-51-54(46)48-20-7-9-22-50(48)56(51)42-17-5-2-6-18-42/h1-36H. The molecule has 3 nitrogen and oxygen atoms in total. The zero-order chi connectivity index (χ0) is 37.7. The lowest BCUT2D eigenvalue weighted by Crippen LogP contribution is -2.09. The molecule has 0 spiro atoms. The van der Waals surface area contributed by atoms with Crippen LogP contribution in [0.15, 0.2) is 223 Å². The van der Waals surface area contributed by atoms with Crippen LogP contribution in [0.3, 0.4) is 0 Å². The minimum absolute atomic E-state index is 0.884. The molecule has 0 bridgehead atoms. The van der Waals surface area contributed by atoms with Crippen molar-refractivity contribution >= 4 is 60.8 Å². The molecule has 0 radical (unpaired) electrons. The molecule has 0 aliphatic carbocycles. The molecule has 0 atom stereocenters. The van der Waals surface area contributed by atoms with Crippen molar-refractivity contribution in [2.75, 3.05) is 4.90 Å². The first-order chi connectivity index (χ1) is 28.3. The van der Waals surface area contributed by atoms with Gasteiger partial charge in [0.25, 0.3) is 0 Å². The van der Waals surface area contributed by atoms with Crippen molar-refractivity contribution in [2.24, 2.45) is 0 Å². The molecule has 0 saturated carbocycles. The Morgan fingerprint density at radius 1 is 0.333 bits per heavy atom. The quantitative estimate of drug-likeness (QED) is 0.163. The van der Waals surface area contributed by atoms with E-state index in [2.05, 4.69) is 216 Å². The van der Waals surface area contributed by atoms with Gasteiger partial charge in [-0.25, -0.2) is 0 Å². The van der Waals surface area contributed by atoms with Gasteiger partial charge in [0, 0.05) is 44.3 Å². The van der Waals surface area contributed by atoms with Gasteiger partial charge in [-0.3, -0.25) is 0 Å². The van der Waals surface area contributed by atoms with Gasteiger partial charge < -0.3 is 13.9 Å². The maximum Gasteiger partial charge on any atom is 0.135 e. The number of fused-ring (bicyclic) bond motifs is 6. The summed E-state index contributed by atoms with van der Waals surface area (Å²) in [6.07, 6.45) is 0. The summed E-state index contributed by atoms with van der Waals surface area (Å²) in [6.45, 7) is 0. The molecule has 0 N–H and O–H groups in total. The van der Waals surface area contributed by atoms with E-state index in [1.54, 1.807) is 0 Å². The molecule has 9 aromatic carbocycles. The van der Waals surface area contributed by atoms with Crippen molar-refractivity contribution in [3.63, 3.8) is 0 Å². The highest BCUT2D eigenvalue weighted by Gasteiger charge is 2.18. The minimum atomic E-state index is 0.884. The number of anilines is 3. The molecule has 3 heteroatoms. The molecule has 268 valence electrons. The highest BCUT2D eigenvalue weighted by atomic mass is 16.3. The Bertz CT molecular complexity index is 3210. The maximum atomic E-state index is 6.22. The van der Waals surface area contributed by atoms with Crippen molar-refractivity contribution < 1.29 is 4.42 Å². The number of hydrogen-bond acceptors (Lipinski definition) is 2. The van der Waals surface area contributed by atoms with Crippen molar-refractivity contribution in [1.29, 1.82) is 0 Å². The molecular formula is C54H36N2O. The lowest BCUT2D eigenvalue weighted by molar-refractivity contribution is 0.669. The number of furan rings is 1. The SMILES string of the molecule is c1ccc(-c2ccc(N(c3ccc(-c4cccc(-c5cccc6c5c5ccccc5n6-c5ccccc5)c4)cc3)c3ccc4oc5ccccc5c4c3)cc2)cc1. The Morgan fingerprint density at radius 3 is 1.65 bits per heavy atom. The summed E-state index contributed by atoms with van der Waals surface area (Å²) < 4.78 is 8.60. The zero-order valence-corrected chi connectivity index (χ0v) is 31.1. The summed E-state index contributed by atoms with van der Waals surface area (Å²) in [6, 6.07) is 78.1. The third-order valence-electron chi connectivity index (χ3n) is 11.2. The van der Waals surface area contributed by atoms with Crippen LogP contribution in [0.5, 0.6) is 0 Å². The summed E-state index contributed by atoms with van der Waals surface area (Å²) >= 11 is 0. The predicted octanol–water partition coefficient (Wildman–Crippen LogP) is 15.2. The van der Waals surface area contributed by atoms with Gasteiger partial charge in [-0.05, 0) is 112 Å². The second-order valence-electron chi connectivity index (χ2n) is 14.5. The molecule has 0 unspecified atom stereocenters. The number of nitrogens with zero attached hydrogens (tertiary/aromatic N) is 2. The largest absolute Gasteiger partial charge is 0.456 e. The first-order valence-electron chi connectivity index (χ1n) is 19.4. The normalized spacial score (nSPS) is 11.5. The van der Waals surface area contributed by atoms with Crippen LogP contribution in [0.1, 0.15) is 0 Å². The Kier molecular flexibility index (Phi) is 7.82. The van der Waals surface area contributed by atoms with E-state index in [4.69, 9.17) is 4.42 Å². The smallest absolute Gasteiger partial charge is 0.135 e. The van der Waals surface area contributed by atoms with Gasteiger partial charge in [0.2, 0.25) is 0 Å². The van der Waals surface area contributed by atoms with E-state index in [9.17, 15) is 0 Å². The molecule has 11 aromatic rings. The van der Waals surface area contributed by atoms with Crippen LogP contribution in [-0.2, 0) is 0 Å². The molecule has 11 rings (SSSR count). The molecule has 2 aromatic heterocycles. The van der Waals surface area contributed by atoms with E-state index in [1.807, 2.05) is 12.1 Å². The van der Waals surface area contributed by atoms with E-state index in [1.165, 1.54) is 49.6 Å². The van der Waals surface area contributed by atoms with Gasteiger partial charge >= 0.3 is 0 Å². The van der Waals surface area contributed by atoms with E-state index < -0.39 is 0 Å². The topological polar surface area (TPSA) is 21.3 Å². The fourth-order valence-electron chi connectivity index (χ4n) is 8.52. The van der Waals surface area contributed by atoms with Gasteiger partial charge in [-0.1, -0.05) is 140 Å². The van der Waals surface area contributed by atoms with Crippen LogP contribution in [-0.4, -0.2) is 4.57 Å². The van der Waals surface area contributed by atoms with Crippen LogP contribution in [0.4, 0.5) is 17.1 Å². The summed E-state index contributed by atoms with van der Waals surface area (Å²) in [4.78, 5) is 2.33. The number of para-hydroxylation sites is 3. The Morgan fingerprint density at radius 2 is 0.877 bits per heavy atom. The average molecular weight is 729 g/mol. The zero-order valence-electron chi connectivity index (χ0n) is 31.1. The van der Waals surface area contributed by atoms with E-state index >= 15 is 0 Å². The number of rotatable bonds is 7. The average Bonchev–Trinajstić information content (AvgIpc) is 3.83. The lowest BCUT2D eigenvalue weighted by atomic mass is 9.95. The molecule has 0 amide bonds. The Hall–Kier alpha value is -7.62. The molecule has 2 heterocycles. The highest BCUT2D eigenvalue weighted by molar-refractivity contribution is 6.16. The first-order valence-corrected chi connectivity index (χ1v) is 19.4. The van der Waals surface area contributed by atoms with Crippen molar-refractivity contribution in [2.45, 2.75) is 0 Å². The van der Waals surface area contributed by atoms with Crippen LogP contribution in [0.2, 0.25) is 0 Å². The summed E-state index contributed by atoms with van der Waals surface area (Å²) in [5.41, 5.74) is 15.7. The van der Waals surface area contributed by atoms with Gasteiger partial charge in [-0.15, -0.1) is 0 Å². The van der Waals surface area contributed by atoms with E-state index in [0.717, 1.165) is 50.3 Å². The fraction of sp³-hybridized carbons (Fsp3) is 0. The number of hydrogen-bond donors (Lipinski definition) is 0. The van der Waals surface area contributed by atoms with Crippen LogP contribution in [0, 0.1) is 0 Å². The van der Waals surface area contributed by atoms with Crippen LogP contribution >= 0.6 is 0 Å². The van der Waals surface area contributed by atoms with Gasteiger partial charge in [0.05, 0.1) is 11.0 Å². The molecule has 57 heavy (non-hydrogen) atoms. The Balaban J connectivity index is 0.997. The van der Waals surface area contributed by atoms with E-state index in [0.29, 0.717) is 0 Å². The molecule has 0 aliphatic heterocycles. The summed E-state index contributed by atoms with van der Waals surface area (Å²) in [5, 5.41) is 4.73. The third kappa shape index (κ3) is 5.68. The predicted molar refractivity (Wildman–Crippen MR) is 239 cm³/mol. The van der Waals surface area contributed by atoms with Crippen LogP contribution < -0.4 is 4.90 Å². The number of benzene rings is 9. The van der Waals surface area contributed by atoms with Gasteiger partial charge in [0.1, 0.15) is 11.2 Å². The monoisotopic (exact) mass is 728 g/mol. The molecule has 0 saturated heterocycles. The van der Waals surface area contributed by atoms with Crippen molar-refractivity contribution in [3.05, 3.63) is 218 Å². The van der Waals surface area contributed by atoms with Crippen LogP contribution in [0.25, 0.3) is 82.8 Å². The van der Waals surface area contributed by atoms with Gasteiger partial charge in [-0.2, -0.15) is 0 Å². The van der Waals surface area contributed by atoms with E-state index in [-0.39, 0.29) is 0 Å². The maximum absolute atomic E-state index is 6.22. The summed E-state index contributed by atoms with van der Waals surface area (Å²) in [5.74, 6) is 0. The van der Waals surface area contributed by atoms with Crippen molar-refractivity contribution in [1.82, 2.24) is 4.57 Å². The Labute approximate surface area is 330 Å². The molecular weight excluding hydrogens is 693 g/mol. The lowest BCUT2D eigenvalue weighted by Gasteiger charge is -2.26. The molecule has 0 fully saturated rings. The minimum Gasteiger partial charge on any atom is -0.456 e. The number of aromatic nitrogens is 1. The molecule has 0 aliphatic rings. The fourth-order valence-corrected chi connectivity index (χ4v) is 8.52. The first kappa shape index (κ1) is 32.8. The third-order valence-corrected chi connectivity index (χ3v) is 11.2. The second-order valence-corrected chi connectivity index (χ2v) is 14.5. The van der Waals surface area contributed by atoms with Gasteiger partial charge in [0.15, 0.2) is 0 Å². The van der Waals surface area contributed by atoms with Crippen molar-refractivity contribution in [3.8, 4) is 39.1 Å². The second kappa shape index (κ2) is 13.6. The highest BCUT2D eigenvalue weighted by Crippen LogP contribution is 2.42. The summed E-state index contributed by atoms with van der Waals surface area (Å²) in [7, 11) is 0.